The van der Waals surface area contributed by atoms with E-state index in [4.69, 9.17) is 4.74 Å². The Morgan fingerprint density at radius 3 is 2.93 bits per heavy atom. The SMILES string of the molecule is COc1ccc(C2=NCCCN2)c(O)c1. The number of methoxy groups -OCH3 is 1. The fourth-order valence-corrected chi connectivity index (χ4v) is 1.55. The number of nitrogens with one attached hydrogen (secondary N) is 1. The maximum atomic E-state index is 9.77. The predicted molar refractivity (Wildman–Crippen MR) is 58.7 cm³/mol. The summed E-state index contributed by atoms with van der Waals surface area (Å²) in [4.78, 5) is 4.32. The van der Waals surface area contributed by atoms with Gasteiger partial charge in [-0.15, -0.1) is 0 Å². The van der Waals surface area contributed by atoms with Crippen LogP contribution in [0.15, 0.2) is 23.2 Å². The van der Waals surface area contributed by atoms with Gasteiger partial charge in [0.15, 0.2) is 0 Å². The number of aliphatic imine (C=N–C) groups is 1. The highest BCUT2D eigenvalue weighted by Crippen LogP contribution is 2.23. The molecule has 0 fully saturated rings. The van der Waals surface area contributed by atoms with Gasteiger partial charge in [-0.1, -0.05) is 0 Å². The number of ether oxygens (including phenoxy) is 1. The second-order valence-corrected chi connectivity index (χ2v) is 3.39. The third-order valence-electron chi connectivity index (χ3n) is 2.36. The van der Waals surface area contributed by atoms with Crippen molar-refractivity contribution in [2.45, 2.75) is 6.42 Å². The van der Waals surface area contributed by atoms with E-state index in [1.165, 1.54) is 0 Å². The maximum absolute atomic E-state index is 9.77. The number of amidine groups is 1. The fourth-order valence-electron chi connectivity index (χ4n) is 1.55. The summed E-state index contributed by atoms with van der Waals surface area (Å²) in [6.07, 6.45) is 1.04. The molecule has 2 N–H and O–H groups in total. The van der Waals surface area contributed by atoms with Crippen LogP contribution in [0, 0.1) is 0 Å². The molecular formula is C11H14N2O2. The first-order chi connectivity index (χ1) is 7.31. The number of hydrogen-bond acceptors (Lipinski definition) is 4. The molecule has 0 unspecified atom stereocenters. The fraction of sp³-hybridized carbons (Fsp3) is 0.364. The van der Waals surface area contributed by atoms with E-state index in [2.05, 4.69) is 10.3 Å². The van der Waals surface area contributed by atoms with Gasteiger partial charge in [-0.25, -0.2) is 0 Å². The first-order valence-electron chi connectivity index (χ1n) is 4.97. The van der Waals surface area contributed by atoms with Crippen LogP contribution in [0.2, 0.25) is 0 Å². The Labute approximate surface area is 88.6 Å². The molecule has 1 aromatic carbocycles. The van der Waals surface area contributed by atoms with E-state index in [1.54, 1.807) is 13.2 Å². The summed E-state index contributed by atoms with van der Waals surface area (Å²) < 4.78 is 5.02. The molecule has 0 spiro atoms. The van der Waals surface area contributed by atoms with Crippen LogP contribution < -0.4 is 10.1 Å². The largest absolute Gasteiger partial charge is 0.507 e. The zero-order chi connectivity index (χ0) is 10.7. The smallest absolute Gasteiger partial charge is 0.132 e. The summed E-state index contributed by atoms with van der Waals surface area (Å²) >= 11 is 0. The van der Waals surface area contributed by atoms with E-state index in [0.29, 0.717) is 5.75 Å². The Kier molecular flexibility index (Phi) is 2.76. The van der Waals surface area contributed by atoms with E-state index in [-0.39, 0.29) is 5.75 Å². The molecule has 0 radical (unpaired) electrons. The molecule has 1 heterocycles. The molecule has 2 rings (SSSR count). The van der Waals surface area contributed by atoms with Crippen LogP contribution in [0.5, 0.6) is 11.5 Å². The Balaban J connectivity index is 2.32. The second kappa shape index (κ2) is 4.21. The summed E-state index contributed by atoms with van der Waals surface area (Å²) in [5, 5.41) is 12.9. The topological polar surface area (TPSA) is 53.8 Å². The van der Waals surface area contributed by atoms with Crippen LogP contribution in [-0.2, 0) is 0 Å². The van der Waals surface area contributed by atoms with Crippen molar-refractivity contribution >= 4 is 5.84 Å². The lowest BCUT2D eigenvalue weighted by Crippen LogP contribution is -2.30. The average molecular weight is 206 g/mol. The lowest BCUT2D eigenvalue weighted by atomic mass is 10.1. The van der Waals surface area contributed by atoms with Crippen molar-refractivity contribution in [3.05, 3.63) is 23.8 Å². The molecule has 1 aromatic rings. The van der Waals surface area contributed by atoms with Crippen molar-refractivity contribution in [3.8, 4) is 11.5 Å². The van der Waals surface area contributed by atoms with Gasteiger partial charge in [0.1, 0.15) is 17.3 Å². The van der Waals surface area contributed by atoms with Crippen molar-refractivity contribution in [1.29, 1.82) is 0 Å². The summed E-state index contributed by atoms with van der Waals surface area (Å²) in [6.45, 7) is 1.72. The van der Waals surface area contributed by atoms with Gasteiger partial charge >= 0.3 is 0 Å². The molecule has 15 heavy (non-hydrogen) atoms. The number of rotatable bonds is 2. The van der Waals surface area contributed by atoms with E-state index in [0.717, 1.165) is 30.9 Å². The Morgan fingerprint density at radius 2 is 2.33 bits per heavy atom. The molecule has 0 saturated carbocycles. The van der Waals surface area contributed by atoms with Gasteiger partial charge in [0.25, 0.3) is 0 Å². The van der Waals surface area contributed by atoms with Crippen LogP contribution >= 0.6 is 0 Å². The van der Waals surface area contributed by atoms with Crippen molar-refractivity contribution in [3.63, 3.8) is 0 Å². The summed E-state index contributed by atoms with van der Waals surface area (Å²) in [7, 11) is 1.57. The number of phenolic OH excluding ortho intramolecular Hbond substituents is 1. The highest BCUT2D eigenvalue weighted by Gasteiger charge is 2.11. The minimum atomic E-state index is 0.197. The van der Waals surface area contributed by atoms with E-state index in [9.17, 15) is 5.11 Å². The van der Waals surface area contributed by atoms with Crippen molar-refractivity contribution in [1.82, 2.24) is 5.32 Å². The molecular weight excluding hydrogens is 192 g/mol. The van der Waals surface area contributed by atoms with Crippen LogP contribution in [-0.4, -0.2) is 31.1 Å². The van der Waals surface area contributed by atoms with E-state index < -0.39 is 0 Å². The molecule has 4 heteroatoms. The molecule has 0 atom stereocenters. The zero-order valence-electron chi connectivity index (χ0n) is 8.66. The number of benzene rings is 1. The zero-order valence-corrected chi connectivity index (χ0v) is 8.66. The molecule has 0 saturated heterocycles. The molecule has 4 nitrogen and oxygen atoms in total. The quantitative estimate of drug-likeness (QED) is 0.763. The van der Waals surface area contributed by atoms with Gasteiger partial charge < -0.3 is 15.2 Å². The summed E-state index contributed by atoms with van der Waals surface area (Å²) in [6, 6.07) is 5.22. The highest BCUT2D eigenvalue weighted by molar-refractivity contribution is 6.01. The molecule has 80 valence electrons. The summed E-state index contributed by atoms with van der Waals surface area (Å²) in [5.74, 6) is 1.61. The molecule has 1 aliphatic heterocycles. The van der Waals surface area contributed by atoms with Crippen molar-refractivity contribution in [2.24, 2.45) is 4.99 Å². The van der Waals surface area contributed by atoms with Crippen molar-refractivity contribution in [2.75, 3.05) is 20.2 Å². The summed E-state index contributed by atoms with van der Waals surface area (Å²) in [5.41, 5.74) is 0.732. The third kappa shape index (κ3) is 2.03. The second-order valence-electron chi connectivity index (χ2n) is 3.39. The van der Waals surface area contributed by atoms with Gasteiger partial charge in [0, 0.05) is 19.2 Å². The van der Waals surface area contributed by atoms with Crippen LogP contribution in [0.4, 0.5) is 0 Å². The molecule has 1 aliphatic rings. The molecule has 0 bridgehead atoms. The van der Waals surface area contributed by atoms with Gasteiger partial charge in [-0.05, 0) is 18.6 Å². The third-order valence-corrected chi connectivity index (χ3v) is 2.36. The van der Waals surface area contributed by atoms with Gasteiger partial charge in [0.05, 0.1) is 12.7 Å². The average Bonchev–Trinajstić information content (AvgIpc) is 2.30. The van der Waals surface area contributed by atoms with Gasteiger partial charge in [-0.3, -0.25) is 4.99 Å². The standard InChI is InChI=1S/C11H14N2O2/c1-15-8-3-4-9(10(14)7-8)11-12-5-2-6-13-11/h3-4,7,14H,2,5-6H2,1H3,(H,12,13). The maximum Gasteiger partial charge on any atom is 0.132 e. The minimum absolute atomic E-state index is 0.197. The monoisotopic (exact) mass is 206 g/mol. The first-order valence-corrected chi connectivity index (χ1v) is 4.97. The van der Waals surface area contributed by atoms with E-state index >= 15 is 0 Å². The molecule has 0 aromatic heterocycles. The first kappa shape index (κ1) is 9.83. The van der Waals surface area contributed by atoms with Crippen LogP contribution in [0.25, 0.3) is 0 Å². The minimum Gasteiger partial charge on any atom is -0.507 e. The normalized spacial score (nSPS) is 15.4. The van der Waals surface area contributed by atoms with Gasteiger partial charge in [0.2, 0.25) is 0 Å². The number of hydrogen-bond donors (Lipinski definition) is 2. The highest BCUT2D eigenvalue weighted by atomic mass is 16.5. The number of nitrogens with zero attached hydrogens (tertiary/aromatic N) is 1. The van der Waals surface area contributed by atoms with Gasteiger partial charge in [-0.2, -0.15) is 0 Å². The Morgan fingerprint density at radius 1 is 1.47 bits per heavy atom. The molecule has 0 amide bonds. The van der Waals surface area contributed by atoms with E-state index in [1.807, 2.05) is 12.1 Å². The predicted octanol–water partition coefficient (Wildman–Crippen LogP) is 1.14. The number of aromatic hydroxyl groups is 1. The lowest BCUT2D eigenvalue weighted by molar-refractivity contribution is 0.407. The van der Waals surface area contributed by atoms with Crippen LogP contribution in [0.3, 0.4) is 0 Å². The molecule has 0 aliphatic carbocycles. The Bertz CT molecular complexity index is 388. The Hall–Kier alpha value is -1.71. The van der Waals surface area contributed by atoms with Crippen LogP contribution in [0.1, 0.15) is 12.0 Å². The number of phenols is 1. The van der Waals surface area contributed by atoms with Crippen molar-refractivity contribution < 1.29 is 9.84 Å². The lowest BCUT2D eigenvalue weighted by Gasteiger charge is -2.15.